The summed E-state index contributed by atoms with van der Waals surface area (Å²) in [6, 6.07) is 10.6. The van der Waals surface area contributed by atoms with E-state index in [0.29, 0.717) is 6.42 Å². The van der Waals surface area contributed by atoms with Gasteiger partial charge in [-0.3, -0.25) is 0 Å². The number of rotatable bonds is 4. The van der Waals surface area contributed by atoms with Crippen LogP contribution in [-0.2, 0) is 6.42 Å². The van der Waals surface area contributed by atoms with E-state index in [1.807, 2.05) is 12.1 Å². The maximum atomic E-state index is 9.87. The minimum atomic E-state index is 0.217. The number of benzene rings is 2. The number of hydrogen-bond acceptors (Lipinski definition) is 2. The molecule has 0 aliphatic rings. The van der Waals surface area contributed by atoms with E-state index in [1.54, 1.807) is 36.4 Å². The monoisotopic (exact) mass is 252 g/mol. The molecule has 0 fully saturated rings. The Morgan fingerprint density at radius 1 is 0.789 bits per heavy atom. The molecule has 0 spiro atoms. The Bertz CT molecular complexity index is 572. The second-order valence-electron chi connectivity index (χ2n) is 4.36. The van der Waals surface area contributed by atoms with E-state index in [1.165, 1.54) is 0 Å². The van der Waals surface area contributed by atoms with E-state index in [9.17, 15) is 10.2 Å². The first kappa shape index (κ1) is 13.0. The van der Waals surface area contributed by atoms with Gasteiger partial charge < -0.3 is 10.2 Å². The third-order valence-corrected chi connectivity index (χ3v) is 3.06. The third-order valence-electron chi connectivity index (χ3n) is 3.06. The molecule has 0 bridgehead atoms. The van der Waals surface area contributed by atoms with Crippen LogP contribution in [0.1, 0.15) is 22.3 Å². The smallest absolute Gasteiger partial charge is 0.119 e. The van der Waals surface area contributed by atoms with Crippen molar-refractivity contribution in [3.63, 3.8) is 0 Å². The molecule has 0 saturated heterocycles. The summed E-state index contributed by atoms with van der Waals surface area (Å²) in [5.41, 5.74) is 3.39. The van der Waals surface area contributed by atoms with Crippen LogP contribution < -0.4 is 0 Å². The van der Waals surface area contributed by atoms with Crippen molar-refractivity contribution in [2.24, 2.45) is 0 Å². The lowest BCUT2D eigenvalue weighted by molar-refractivity contribution is 0.463. The summed E-state index contributed by atoms with van der Waals surface area (Å²) in [5.74, 6) is 0.433. The Morgan fingerprint density at radius 2 is 1.21 bits per heavy atom. The topological polar surface area (TPSA) is 40.5 Å². The third kappa shape index (κ3) is 2.86. The summed E-state index contributed by atoms with van der Waals surface area (Å²) >= 11 is 0. The Morgan fingerprint density at radius 3 is 1.58 bits per heavy atom. The van der Waals surface area contributed by atoms with Crippen molar-refractivity contribution in [3.8, 4) is 11.5 Å². The van der Waals surface area contributed by atoms with Crippen LogP contribution in [-0.4, -0.2) is 10.2 Å². The molecule has 2 aromatic carbocycles. The highest BCUT2D eigenvalue weighted by Crippen LogP contribution is 2.27. The molecule has 2 rings (SSSR count). The molecule has 2 nitrogen and oxygen atoms in total. The van der Waals surface area contributed by atoms with Gasteiger partial charge in [-0.1, -0.05) is 37.4 Å². The van der Waals surface area contributed by atoms with Crippen LogP contribution in [0, 0.1) is 0 Å². The van der Waals surface area contributed by atoms with Gasteiger partial charge in [0.15, 0.2) is 0 Å². The van der Waals surface area contributed by atoms with Gasteiger partial charge in [-0.15, -0.1) is 0 Å². The van der Waals surface area contributed by atoms with Gasteiger partial charge in [0.05, 0.1) is 0 Å². The van der Waals surface area contributed by atoms with Crippen LogP contribution in [0.4, 0.5) is 0 Å². The first-order valence-electron chi connectivity index (χ1n) is 6.02. The highest BCUT2D eigenvalue weighted by Gasteiger charge is 2.07. The SMILES string of the molecule is C=Cc1ccc(O)c(Cc2cc(C=C)ccc2O)c1. The van der Waals surface area contributed by atoms with Crippen molar-refractivity contribution in [1.82, 2.24) is 0 Å². The van der Waals surface area contributed by atoms with Crippen LogP contribution in [0.5, 0.6) is 11.5 Å². The summed E-state index contributed by atoms with van der Waals surface area (Å²) in [6.07, 6.45) is 3.91. The van der Waals surface area contributed by atoms with Gasteiger partial charge in [-0.05, 0) is 46.5 Å². The average molecular weight is 252 g/mol. The normalized spacial score (nSPS) is 10.1. The van der Waals surface area contributed by atoms with Gasteiger partial charge in [-0.25, -0.2) is 0 Å². The lowest BCUT2D eigenvalue weighted by Crippen LogP contribution is -1.91. The fourth-order valence-corrected chi connectivity index (χ4v) is 1.95. The van der Waals surface area contributed by atoms with Crippen molar-refractivity contribution in [3.05, 3.63) is 71.8 Å². The van der Waals surface area contributed by atoms with E-state index in [-0.39, 0.29) is 11.5 Å². The Hall–Kier alpha value is -2.48. The van der Waals surface area contributed by atoms with Gasteiger partial charge in [0.25, 0.3) is 0 Å². The van der Waals surface area contributed by atoms with E-state index in [0.717, 1.165) is 22.3 Å². The molecule has 0 radical (unpaired) electrons. The van der Waals surface area contributed by atoms with Crippen LogP contribution >= 0.6 is 0 Å². The van der Waals surface area contributed by atoms with Crippen molar-refractivity contribution in [2.75, 3.05) is 0 Å². The summed E-state index contributed by atoms with van der Waals surface area (Å²) in [5, 5.41) is 19.7. The average Bonchev–Trinajstić information content (AvgIpc) is 2.43. The molecular weight excluding hydrogens is 236 g/mol. The number of hydrogen-bond donors (Lipinski definition) is 2. The predicted molar refractivity (Wildman–Crippen MR) is 79.2 cm³/mol. The van der Waals surface area contributed by atoms with Gasteiger partial charge in [-0.2, -0.15) is 0 Å². The van der Waals surface area contributed by atoms with Crippen LogP contribution in [0.15, 0.2) is 49.6 Å². The summed E-state index contributed by atoms with van der Waals surface area (Å²) in [4.78, 5) is 0. The minimum Gasteiger partial charge on any atom is -0.508 e. The molecular formula is C17H16O2. The van der Waals surface area contributed by atoms with E-state index in [2.05, 4.69) is 13.2 Å². The standard InChI is InChI=1S/C17H16O2/c1-3-12-5-7-16(18)14(9-12)11-15-10-13(4-2)6-8-17(15)19/h3-10,18-19H,1-2,11H2. The van der Waals surface area contributed by atoms with Gasteiger partial charge in [0, 0.05) is 6.42 Å². The molecule has 0 aromatic heterocycles. The summed E-state index contributed by atoms with van der Waals surface area (Å²) in [7, 11) is 0. The maximum absolute atomic E-state index is 9.87. The lowest BCUT2D eigenvalue weighted by atomic mass is 9.99. The van der Waals surface area contributed by atoms with Crippen molar-refractivity contribution >= 4 is 12.2 Å². The lowest BCUT2D eigenvalue weighted by Gasteiger charge is -2.09. The maximum Gasteiger partial charge on any atom is 0.119 e. The largest absolute Gasteiger partial charge is 0.508 e. The molecule has 2 aromatic rings. The molecule has 19 heavy (non-hydrogen) atoms. The molecule has 2 heteroatoms. The zero-order chi connectivity index (χ0) is 13.8. The minimum absolute atomic E-state index is 0.217. The highest BCUT2D eigenvalue weighted by molar-refractivity contribution is 5.55. The van der Waals surface area contributed by atoms with Crippen molar-refractivity contribution < 1.29 is 10.2 Å². The highest BCUT2D eigenvalue weighted by atomic mass is 16.3. The van der Waals surface area contributed by atoms with Gasteiger partial charge in [0.2, 0.25) is 0 Å². The van der Waals surface area contributed by atoms with E-state index >= 15 is 0 Å². The first-order valence-corrected chi connectivity index (χ1v) is 6.02. The Kier molecular flexibility index (Phi) is 3.71. The first-order chi connectivity index (χ1) is 9.13. The van der Waals surface area contributed by atoms with E-state index in [4.69, 9.17) is 0 Å². The van der Waals surface area contributed by atoms with Gasteiger partial charge >= 0.3 is 0 Å². The molecule has 0 atom stereocenters. The van der Waals surface area contributed by atoms with Crippen LogP contribution in [0.25, 0.3) is 12.2 Å². The fraction of sp³-hybridized carbons (Fsp3) is 0.0588. The zero-order valence-corrected chi connectivity index (χ0v) is 10.6. The Balaban J connectivity index is 2.40. The van der Waals surface area contributed by atoms with Crippen molar-refractivity contribution in [2.45, 2.75) is 6.42 Å². The molecule has 0 heterocycles. The fourth-order valence-electron chi connectivity index (χ4n) is 1.95. The second-order valence-corrected chi connectivity index (χ2v) is 4.36. The molecule has 0 unspecified atom stereocenters. The zero-order valence-electron chi connectivity index (χ0n) is 10.6. The molecule has 0 aliphatic heterocycles. The van der Waals surface area contributed by atoms with E-state index < -0.39 is 0 Å². The molecule has 0 amide bonds. The Labute approximate surface area is 113 Å². The predicted octanol–water partition coefficient (Wildman–Crippen LogP) is 3.97. The number of aromatic hydroxyl groups is 2. The van der Waals surface area contributed by atoms with Crippen LogP contribution in [0.2, 0.25) is 0 Å². The quantitative estimate of drug-likeness (QED) is 0.864. The second kappa shape index (κ2) is 5.44. The van der Waals surface area contributed by atoms with Crippen LogP contribution in [0.3, 0.4) is 0 Å². The van der Waals surface area contributed by atoms with Crippen molar-refractivity contribution in [1.29, 1.82) is 0 Å². The molecule has 0 saturated carbocycles. The summed E-state index contributed by atoms with van der Waals surface area (Å²) in [6.45, 7) is 7.42. The number of phenolic OH excluding ortho intramolecular Hbond substituents is 2. The summed E-state index contributed by atoms with van der Waals surface area (Å²) < 4.78 is 0. The molecule has 2 N–H and O–H groups in total. The van der Waals surface area contributed by atoms with Gasteiger partial charge in [0.1, 0.15) is 11.5 Å². The molecule has 96 valence electrons. The molecule has 0 aliphatic carbocycles. The number of phenols is 2.